The molecule has 0 aliphatic carbocycles. The van der Waals surface area contributed by atoms with Crippen LogP contribution in [0, 0.1) is 0 Å². The Morgan fingerprint density at radius 2 is 2.17 bits per heavy atom. The van der Waals surface area contributed by atoms with Gasteiger partial charge in [-0.3, -0.25) is 0 Å². The molecule has 0 saturated carbocycles. The molecule has 3 nitrogen and oxygen atoms in total. The maximum Gasteiger partial charge on any atom is 0.223 e. The molecule has 0 bridgehead atoms. The molecule has 1 aromatic heterocycles. The lowest BCUT2D eigenvalue weighted by Gasteiger charge is -2.10. The normalized spacial score (nSPS) is 19.5. The Bertz CT molecular complexity index is 552. The number of nitrogens with zero attached hydrogens (tertiary/aromatic N) is 2. The third-order valence-corrected chi connectivity index (χ3v) is 3.55. The van der Waals surface area contributed by atoms with Gasteiger partial charge in [0.1, 0.15) is 0 Å². The van der Waals surface area contributed by atoms with Gasteiger partial charge < -0.3 is 4.74 Å². The Kier molecular flexibility index (Phi) is 3.43. The molecule has 18 heavy (non-hydrogen) atoms. The van der Waals surface area contributed by atoms with Crippen molar-refractivity contribution in [2.24, 2.45) is 0 Å². The number of ether oxygens (including phenoxy) is 1. The Labute approximate surface area is 111 Å². The van der Waals surface area contributed by atoms with Crippen molar-refractivity contribution in [1.29, 1.82) is 0 Å². The summed E-state index contributed by atoms with van der Waals surface area (Å²) in [6.45, 7) is 0.899. The van der Waals surface area contributed by atoms with Crippen LogP contribution in [-0.2, 0) is 11.2 Å². The van der Waals surface area contributed by atoms with Crippen LogP contribution in [-0.4, -0.2) is 22.7 Å². The quantitative estimate of drug-likeness (QED) is 0.796. The van der Waals surface area contributed by atoms with Gasteiger partial charge in [0.25, 0.3) is 0 Å². The summed E-state index contributed by atoms with van der Waals surface area (Å²) >= 11 is 5.97. The number of aromatic nitrogens is 2. The van der Waals surface area contributed by atoms with Crippen LogP contribution in [0.3, 0.4) is 0 Å². The summed E-state index contributed by atoms with van der Waals surface area (Å²) in [6.07, 6.45) is 4.63. The fourth-order valence-corrected chi connectivity index (χ4v) is 2.66. The number of halogens is 1. The molecule has 1 saturated heterocycles. The van der Waals surface area contributed by atoms with E-state index in [1.165, 1.54) is 6.42 Å². The lowest BCUT2D eigenvalue weighted by Crippen LogP contribution is -2.07. The average Bonchev–Trinajstić information content (AvgIpc) is 2.89. The molecule has 4 heteroatoms. The van der Waals surface area contributed by atoms with Crippen LogP contribution in [0.2, 0.25) is 5.28 Å². The fourth-order valence-electron chi connectivity index (χ4n) is 2.47. The van der Waals surface area contributed by atoms with Gasteiger partial charge in [-0.2, -0.15) is 0 Å². The molecule has 0 radical (unpaired) electrons. The molecule has 1 fully saturated rings. The first-order chi connectivity index (χ1) is 8.83. The summed E-state index contributed by atoms with van der Waals surface area (Å²) in [5.74, 6) is 0. The van der Waals surface area contributed by atoms with E-state index in [0.29, 0.717) is 11.4 Å². The molecule has 1 atom stereocenters. The highest BCUT2D eigenvalue weighted by atomic mass is 35.5. The van der Waals surface area contributed by atoms with Crippen molar-refractivity contribution in [3.63, 3.8) is 0 Å². The summed E-state index contributed by atoms with van der Waals surface area (Å²) in [5, 5.41) is 1.43. The summed E-state index contributed by atoms with van der Waals surface area (Å²) in [5.41, 5.74) is 1.95. The van der Waals surface area contributed by atoms with Crippen LogP contribution in [0.25, 0.3) is 10.9 Å². The number of hydrogen-bond donors (Lipinski definition) is 0. The molecule has 2 aromatic rings. The van der Waals surface area contributed by atoms with Crippen molar-refractivity contribution >= 4 is 22.5 Å². The lowest BCUT2D eigenvalue weighted by atomic mass is 10.1. The molecule has 1 aliphatic rings. The van der Waals surface area contributed by atoms with Crippen LogP contribution in [0.15, 0.2) is 24.3 Å². The molecule has 1 unspecified atom stereocenters. The second kappa shape index (κ2) is 5.21. The van der Waals surface area contributed by atoms with Crippen LogP contribution in [0.1, 0.15) is 25.0 Å². The lowest BCUT2D eigenvalue weighted by molar-refractivity contribution is 0.104. The molecule has 2 heterocycles. The molecule has 1 aliphatic heterocycles. The van der Waals surface area contributed by atoms with Gasteiger partial charge >= 0.3 is 0 Å². The van der Waals surface area contributed by atoms with Crippen LogP contribution in [0.4, 0.5) is 0 Å². The number of hydrogen-bond acceptors (Lipinski definition) is 3. The van der Waals surface area contributed by atoms with E-state index in [-0.39, 0.29) is 0 Å². The predicted molar refractivity (Wildman–Crippen MR) is 71.8 cm³/mol. The Balaban J connectivity index is 1.85. The van der Waals surface area contributed by atoms with Gasteiger partial charge in [-0.05, 0) is 43.4 Å². The van der Waals surface area contributed by atoms with E-state index >= 15 is 0 Å². The largest absolute Gasteiger partial charge is 0.378 e. The highest BCUT2D eigenvalue weighted by molar-refractivity contribution is 6.28. The van der Waals surface area contributed by atoms with Gasteiger partial charge in [0.05, 0.1) is 17.3 Å². The van der Waals surface area contributed by atoms with E-state index in [4.69, 9.17) is 16.3 Å². The number of para-hydroxylation sites is 1. The standard InChI is InChI=1S/C14H15ClN2O/c15-14-16-12-6-2-1-5-11(12)13(17-14)8-7-10-4-3-9-18-10/h1-2,5-6,10H,3-4,7-9H2. The van der Waals surface area contributed by atoms with Gasteiger partial charge in [-0.15, -0.1) is 0 Å². The average molecular weight is 263 g/mol. The molecular weight excluding hydrogens is 248 g/mol. The summed E-state index contributed by atoms with van der Waals surface area (Å²) < 4.78 is 5.64. The zero-order valence-electron chi connectivity index (χ0n) is 10.1. The zero-order chi connectivity index (χ0) is 12.4. The van der Waals surface area contributed by atoms with Crippen molar-refractivity contribution in [2.75, 3.05) is 6.61 Å². The monoisotopic (exact) mass is 262 g/mol. The molecule has 0 amide bonds. The molecule has 3 rings (SSSR count). The SMILES string of the molecule is Clc1nc(CCC2CCCO2)c2ccccc2n1. The summed E-state index contributed by atoms with van der Waals surface area (Å²) in [4.78, 5) is 8.60. The zero-order valence-corrected chi connectivity index (χ0v) is 10.9. The van der Waals surface area contributed by atoms with E-state index in [9.17, 15) is 0 Å². The van der Waals surface area contributed by atoms with Crippen LogP contribution in [0.5, 0.6) is 0 Å². The first-order valence-corrected chi connectivity index (χ1v) is 6.73. The van der Waals surface area contributed by atoms with E-state index in [2.05, 4.69) is 16.0 Å². The van der Waals surface area contributed by atoms with Crippen LogP contribution >= 0.6 is 11.6 Å². The predicted octanol–water partition coefficient (Wildman–Crippen LogP) is 3.39. The van der Waals surface area contributed by atoms with Gasteiger partial charge in [0.15, 0.2) is 0 Å². The highest BCUT2D eigenvalue weighted by Crippen LogP contribution is 2.22. The Morgan fingerprint density at radius 3 is 3.00 bits per heavy atom. The first-order valence-electron chi connectivity index (χ1n) is 6.36. The van der Waals surface area contributed by atoms with Gasteiger partial charge in [-0.25, -0.2) is 9.97 Å². The van der Waals surface area contributed by atoms with E-state index in [0.717, 1.165) is 42.5 Å². The van der Waals surface area contributed by atoms with Crippen molar-refractivity contribution in [1.82, 2.24) is 9.97 Å². The number of aryl methyl sites for hydroxylation is 1. The minimum Gasteiger partial charge on any atom is -0.378 e. The van der Waals surface area contributed by atoms with Crippen LogP contribution < -0.4 is 0 Å². The first kappa shape index (κ1) is 11.9. The number of fused-ring (bicyclic) bond motifs is 1. The molecular formula is C14H15ClN2O. The van der Waals surface area contributed by atoms with Crippen molar-refractivity contribution in [3.8, 4) is 0 Å². The fraction of sp³-hybridized carbons (Fsp3) is 0.429. The summed E-state index contributed by atoms with van der Waals surface area (Å²) in [7, 11) is 0. The second-order valence-corrected chi connectivity index (χ2v) is 4.97. The van der Waals surface area contributed by atoms with Gasteiger partial charge in [0, 0.05) is 12.0 Å². The van der Waals surface area contributed by atoms with Gasteiger partial charge in [-0.1, -0.05) is 18.2 Å². The maximum absolute atomic E-state index is 5.97. The van der Waals surface area contributed by atoms with E-state index < -0.39 is 0 Å². The van der Waals surface area contributed by atoms with Crippen molar-refractivity contribution < 1.29 is 4.74 Å². The van der Waals surface area contributed by atoms with Gasteiger partial charge in [0.2, 0.25) is 5.28 Å². The smallest absolute Gasteiger partial charge is 0.223 e. The Hall–Kier alpha value is -1.19. The van der Waals surface area contributed by atoms with E-state index in [1.807, 2.05) is 18.2 Å². The molecule has 0 spiro atoms. The number of benzene rings is 1. The minimum absolute atomic E-state index is 0.330. The highest BCUT2D eigenvalue weighted by Gasteiger charge is 2.16. The van der Waals surface area contributed by atoms with Crippen molar-refractivity contribution in [3.05, 3.63) is 35.2 Å². The summed E-state index contributed by atoms with van der Waals surface area (Å²) in [6, 6.07) is 8.00. The van der Waals surface area contributed by atoms with E-state index in [1.54, 1.807) is 0 Å². The number of rotatable bonds is 3. The topological polar surface area (TPSA) is 35.0 Å². The molecule has 0 N–H and O–H groups in total. The molecule has 1 aromatic carbocycles. The third kappa shape index (κ3) is 2.47. The third-order valence-electron chi connectivity index (χ3n) is 3.38. The Morgan fingerprint density at radius 1 is 1.28 bits per heavy atom. The maximum atomic E-state index is 5.97. The second-order valence-electron chi connectivity index (χ2n) is 4.63. The minimum atomic E-state index is 0.330. The van der Waals surface area contributed by atoms with Crippen molar-refractivity contribution in [2.45, 2.75) is 31.8 Å². The molecule has 94 valence electrons.